The van der Waals surface area contributed by atoms with Crippen LogP contribution in [0.15, 0.2) is 28.4 Å². The molecule has 0 saturated heterocycles. The van der Waals surface area contributed by atoms with Crippen LogP contribution in [0.1, 0.15) is 31.2 Å². The Kier molecular flexibility index (Phi) is 6.71. The fourth-order valence-corrected chi connectivity index (χ4v) is 2.87. The number of benzene rings is 1. The fraction of sp³-hybridized carbons (Fsp3) is 0.438. The maximum absolute atomic E-state index is 11.9. The van der Waals surface area contributed by atoms with Crippen LogP contribution in [0, 0.1) is 16.9 Å². The van der Waals surface area contributed by atoms with Gasteiger partial charge in [-0.25, -0.2) is 5.53 Å². The minimum Gasteiger partial charge on any atom is -0.490 e. The van der Waals surface area contributed by atoms with Gasteiger partial charge in [-0.05, 0) is 37.8 Å². The third kappa shape index (κ3) is 5.16. The molecule has 1 amide bonds. The van der Waals surface area contributed by atoms with Crippen LogP contribution in [0.3, 0.4) is 0 Å². The van der Waals surface area contributed by atoms with Gasteiger partial charge in [0.15, 0.2) is 0 Å². The lowest BCUT2D eigenvalue weighted by Gasteiger charge is -2.29. The minimum atomic E-state index is -0.465. The van der Waals surface area contributed by atoms with Crippen molar-refractivity contribution in [3.05, 3.63) is 28.8 Å². The predicted molar refractivity (Wildman–Crippen MR) is 92.6 cm³/mol. The largest absolute Gasteiger partial charge is 0.490 e. The quantitative estimate of drug-likeness (QED) is 0.329. The summed E-state index contributed by atoms with van der Waals surface area (Å²) >= 11 is 6.01. The number of hydrogen-bond acceptors (Lipinski definition) is 6. The number of carbonyl (C=O) groups is 1. The second kappa shape index (κ2) is 8.99. The molecule has 2 rings (SSSR count). The number of nitriles is 1. The summed E-state index contributed by atoms with van der Waals surface area (Å²) in [6, 6.07) is 7.02. The van der Waals surface area contributed by atoms with Crippen LogP contribution >= 0.6 is 11.6 Å². The van der Waals surface area contributed by atoms with E-state index in [2.05, 4.69) is 21.0 Å². The summed E-state index contributed by atoms with van der Waals surface area (Å²) in [5.74, 6) is -0.0337. The van der Waals surface area contributed by atoms with E-state index in [0.29, 0.717) is 16.3 Å². The van der Waals surface area contributed by atoms with Crippen LogP contribution in [-0.4, -0.2) is 30.9 Å². The Hall–Kier alpha value is -2.66. The summed E-state index contributed by atoms with van der Waals surface area (Å²) in [4.78, 5) is 11.9. The molecule has 0 atom stereocenters. The van der Waals surface area contributed by atoms with Crippen molar-refractivity contribution >= 4 is 23.3 Å². The standard InChI is InChI=1S/C16H19ClN6O2/c1-20-23-15(22-19)16(24)21-11-3-6-12(7-4-11)25-13-5-2-10(9-18)14(17)8-13/h2,5,8,11-12,19-20H,3-4,6-7H2,1H3,(H,21,24)/b22-19?,23-15-/t11-,12-. The fourth-order valence-electron chi connectivity index (χ4n) is 2.66. The van der Waals surface area contributed by atoms with Crippen molar-refractivity contribution in [3.63, 3.8) is 0 Å². The smallest absolute Gasteiger partial charge is 0.292 e. The summed E-state index contributed by atoms with van der Waals surface area (Å²) in [6.45, 7) is 0. The number of nitrogens with one attached hydrogen (secondary N) is 3. The Morgan fingerprint density at radius 3 is 2.68 bits per heavy atom. The molecule has 0 bridgehead atoms. The number of ether oxygens (including phenoxy) is 1. The zero-order chi connectivity index (χ0) is 18.2. The van der Waals surface area contributed by atoms with Crippen molar-refractivity contribution in [2.75, 3.05) is 7.05 Å². The van der Waals surface area contributed by atoms with Crippen molar-refractivity contribution in [2.24, 2.45) is 10.2 Å². The molecule has 25 heavy (non-hydrogen) atoms. The van der Waals surface area contributed by atoms with Crippen molar-refractivity contribution in [1.82, 2.24) is 10.7 Å². The SMILES string of the molecule is CN/N=C(\N=N)C(=O)N[C@H]1CC[C@H](Oc2ccc(C#N)c(Cl)c2)CC1. The summed E-state index contributed by atoms with van der Waals surface area (Å²) in [6.07, 6.45) is 3.10. The highest BCUT2D eigenvalue weighted by Gasteiger charge is 2.25. The first-order valence-corrected chi connectivity index (χ1v) is 8.24. The van der Waals surface area contributed by atoms with Gasteiger partial charge < -0.3 is 15.5 Å². The molecule has 1 aliphatic rings. The third-order valence-corrected chi connectivity index (χ3v) is 4.21. The van der Waals surface area contributed by atoms with E-state index >= 15 is 0 Å². The Bertz CT molecular complexity index is 707. The van der Waals surface area contributed by atoms with Crippen LogP contribution in [0.4, 0.5) is 0 Å². The van der Waals surface area contributed by atoms with E-state index in [1.807, 2.05) is 6.07 Å². The van der Waals surface area contributed by atoms with Gasteiger partial charge in [0.25, 0.3) is 11.7 Å². The first-order chi connectivity index (χ1) is 12.1. The molecule has 132 valence electrons. The highest BCUT2D eigenvalue weighted by molar-refractivity contribution is 6.38. The Morgan fingerprint density at radius 2 is 2.12 bits per heavy atom. The number of rotatable bonds is 4. The van der Waals surface area contributed by atoms with E-state index in [4.69, 9.17) is 27.1 Å². The predicted octanol–water partition coefficient (Wildman–Crippen LogP) is 2.58. The molecule has 0 radical (unpaired) electrons. The van der Waals surface area contributed by atoms with Crippen molar-refractivity contribution < 1.29 is 9.53 Å². The monoisotopic (exact) mass is 362 g/mol. The normalized spacial score (nSPS) is 20.3. The van der Waals surface area contributed by atoms with Gasteiger partial charge in [-0.1, -0.05) is 11.6 Å². The second-order valence-electron chi connectivity index (χ2n) is 5.59. The highest BCUT2D eigenvalue weighted by Crippen LogP contribution is 2.27. The summed E-state index contributed by atoms with van der Waals surface area (Å²) in [5, 5.41) is 18.8. The molecule has 1 aliphatic carbocycles. The Labute approximate surface area is 150 Å². The van der Waals surface area contributed by atoms with Crippen LogP contribution in [0.25, 0.3) is 0 Å². The van der Waals surface area contributed by atoms with Gasteiger partial charge >= 0.3 is 0 Å². The zero-order valence-electron chi connectivity index (χ0n) is 13.8. The Balaban J connectivity index is 1.84. The lowest BCUT2D eigenvalue weighted by atomic mass is 9.93. The minimum absolute atomic E-state index is 0.000656. The van der Waals surface area contributed by atoms with E-state index < -0.39 is 5.91 Å². The lowest BCUT2D eigenvalue weighted by molar-refractivity contribution is -0.115. The summed E-state index contributed by atoms with van der Waals surface area (Å²) < 4.78 is 5.91. The van der Waals surface area contributed by atoms with Crippen molar-refractivity contribution in [1.29, 1.82) is 10.8 Å². The van der Waals surface area contributed by atoms with E-state index in [1.54, 1.807) is 18.2 Å². The molecule has 1 fully saturated rings. The molecule has 0 unspecified atom stereocenters. The van der Waals surface area contributed by atoms with E-state index in [-0.39, 0.29) is 18.0 Å². The maximum atomic E-state index is 11.9. The number of hydrazone groups is 1. The lowest BCUT2D eigenvalue weighted by Crippen LogP contribution is -2.42. The highest BCUT2D eigenvalue weighted by atomic mass is 35.5. The van der Waals surface area contributed by atoms with Crippen LogP contribution in [0.2, 0.25) is 5.02 Å². The molecule has 1 saturated carbocycles. The topological polar surface area (TPSA) is 123 Å². The van der Waals surface area contributed by atoms with Gasteiger partial charge in [0, 0.05) is 19.2 Å². The first kappa shape index (κ1) is 18.7. The second-order valence-corrected chi connectivity index (χ2v) is 6.00. The number of carbonyl (C=O) groups excluding carboxylic acids is 1. The number of hydrogen-bond donors (Lipinski definition) is 3. The van der Waals surface area contributed by atoms with Gasteiger partial charge in [-0.15, -0.1) is 5.11 Å². The number of amides is 1. The third-order valence-electron chi connectivity index (χ3n) is 3.90. The van der Waals surface area contributed by atoms with Gasteiger partial charge in [0.05, 0.1) is 16.7 Å². The van der Waals surface area contributed by atoms with E-state index in [1.165, 1.54) is 7.05 Å². The summed E-state index contributed by atoms with van der Waals surface area (Å²) in [5.41, 5.74) is 9.82. The number of nitrogens with zero attached hydrogens (tertiary/aromatic N) is 3. The number of amidine groups is 1. The van der Waals surface area contributed by atoms with Gasteiger partial charge in [0.1, 0.15) is 11.8 Å². The van der Waals surface area contributed by atoms with Gasteiger partial charge in [-0.2, -0.15) is 10.4 Å². The molecule has 3 N–H and O–H groups in total. The molecule has 0 aliphatic heterocycles. The molecule has 1 aromatic rings. The summed E-state index contributed by atoms with van der Waals surface area (Å²) in [7, 11) is 1.54. The molecule has 0 spiro atoms. The molecular formula is C16H19ClN6O2. The van der Waals surface area contributed by atoms with Gasteiger partial charge in [-0.3, -0.25) is 4.79 Å². The van der Waals surface area contributed by atoms with Crippen LogP contribution in [-0.2, 0) is 4.79 Å². The zero-order valence-corrected chi connectivity index (χ0v) is 14.5. The maximum Gasteiger partial charge on any atom is 0.292 e. The van der Waals surface area contributed by atoms with Crippen molar-refractivity contribution in [2.45, 2.75) is 37.8 Å². The molecule has 0 heterocycles. The van der Waals surface area contributed by atoms with E-state index in [9.17, 15) is 4.79 Å². The molecule has 1 aromatic carbocycles. The van der Waals surface area contributed by atoms with Crippen LogP contribution < -0.4 is 15.5 Å². The average molecular weight is 363 g/mol. The van der Waals surface area contributed by atoms with Gasteiger partial charge in [0.2, 0.25) is 0 Å². The number of halogens is 1. The molecule has 8 nitrogen and oxygen atoms in total. The molecule has 9 heteroatoms. The average Bonchev–Trinajstić information content (AvgIpc) is 2.61. The molecule has 0 aromatic heterocycles. The van der Waals surface area contributed by atoms with Crippen molar-refractivity contribution in [3.8, 4) is 11.8 Å². The Morgan fingerprint density at radius 1 is 1.40 bits per heavy atom. The van der Waals surface area contributed by atoms with Crippen LogP contribution in [0.5, 0.6) is 5.75 Å². The first-order valence-electron chi connectivity index (χ1n) is 7.86. The van der Waals surface area contributed by atoms with E-state index in [0.717, 1.165) is 25.7 Å². The molecular weight excluding hydrogens is 344 g/mol.